The number of unbranched alkanes of at least 4 members (excludes halogenated alkanes) is 4. The van der Waals surface area contributed by atoms with Crippen LogP contribution in [0.15, 0.2) is 42.5 Å². The molecule has 10 nitrogen and oxygen atoms in total. The Labute approximate surface area is 306 Å². The van der Waals surface area contributed by atoms with E-state index in [0.717, 1.165) is 103 Å². The van der Waals surface area contributed by atoms with Gasteiger partial charge in [-0.2, -0.15) is 0 Å². The molecule has 1 unspecified atom stereocenters. The summed E-state index contributed by atoms with van der Waals surface area (Å²) in [6, 6.07) is 15.9. The molecule has 51 heavy (non-hydrogen) atoms. The van der Waals surface area contributed by atoms with Crippen LogP contribution < -0.4 is 10.6 Å². The first-order valence-corrected chi connectivity index (χ1v) is 19.6. The summed E-state index contributed by atoms with van der Waals surface area (Å²) >= 11 is 0. The van der Waals surface area contributed by atoms with Gasteiger partial charge in [0.25, 0.3) is 0 Å². The molecule has 2 N–H and O–H groups in total. The summed E-state index contributed by atoms with van der Waals surface area (Å²) in [7, 11) is 0. The van der Waals surface area contributed by atoms with Crippen molar-refractivity contribution in [3.8, 4) is 11.1 Å². The maximum absolute atomic E-state index is 12.7. The molecule has 2 heterocycles. The Bertz CT molecular complexity index is 1430. The van der Waals surface area contributed by atoms with Crippen molar-refractivity contribution in [3.05, 3.63) is 53.6 Å². The summed E-state index contributed by atoms with van der Waals surface area (Å²) < 4.78 is 5.76. The molecule has 2 aromatic rings. The third-order valence-electron chi connectivity index (χ3n) is 11.0. The minimum absolute atomic E-state index is 0.0227. The maximum Gasteiger partial charge on any atom is 0.407 e. The van der Waals surface area contributed by atoms with Gasteiger partial charge in [-0.05, 0) is 87.8 Å². The van der Waals surface area contributed by atoms with Gasteiger partial charge in [-0.25, -0.2) is 4.79 Å². The van der Waals surface area contributed by atoms with Crippen LogP contribution in [-0.4, -0.2) is 122 Å². The third kappa shape index (κ3) is 10.9. The molecule has 1 atom stereocenters. The Hall–Kier alpha value is -3.63. The predicted octanol–water partition coefficient (Wildman–Crippen LogP) is 6.16. The largest absolute Gasteiger partial charge is 0.449 e. The van der Waals surface area contributed by atoms with Crippen molar-refractivity contribution in [2.45, 2.75) is 97.1 Å². The molecule has 3 amide bonds. The summed E-state index contributed by atoms with van der Waals surface area (Å²) in [5.74, 6) is 0.517. The van der Waals surface area contributed by atoms with Gasteiger partial charge < -0.3 is 25.2 Å². The number of anilines is 1. The zero-order chi connectivity index (χ0) is 36.2. The molecule has 3 aliphatic rings. The number of hydrogen-bond acceptors (Lipinski definition) is 7. The Balaban J connectivity index is 0.984. The number of nitrogens with zero attached hydrogens (tertiary/aromatic N) is 4. The molecular weight excluding hydrogens is 640 g/mol. The number of fused-ring (bicyclic) bond motifs is 3. The van der Waals surface area contributed by atoms with Gasteiger partial charge in [-0.3, -0.25) is 19.4 Å². The van der Waals surface area contributed by atoms with E-state index in [0.29, 0.717) is 37.4 Å². The second-order valence-electron chi connectivity index (χ2n) is 15.0. The molecule has 5 rings (SSSR count). The number of alkyl carbamates (subject to hydrolysis) is 1. The van der Waals surface area contributed by atoms with Gasteiger partial charge in [0.1, 0.15) is 6.61 Å². The van der Waals surface area contributed by atoms with E-state index in [9.17, 15) is 14.4 Å². The van der Waals surface area contributed by atoms with Crippen LogP contribution in [0.1, 0.15) is 96.1 Å². The first kappa shape index (κ1) is 38.6. The van der Waals surface area contributed by atoms with Gasteiger partial charge in [0.2, 0.25) is 11.8 Å². The van der Waals surface area contributed by atoms with Crippen molar-refractivity contribution >= 4 is 23.6 Å². The molecule has 10 heteroatoms. The lowest BCUT2D eigenvalue weighted by Gasteiger charge is -2.37. The van der Waals surface area contributed by atoms with E-state index in [-0.39, 0.29) is 18.4 Å². The Morgan fingerprint density at radius 2 is 1.22 bits per heavy atom. The molecule has 0 saturated carbocycles. The normalized spacial score (nSPS) is 17.8. The van der Waals surface area contributed by atoms with E-state index in [1.54, 1.807) is 0 Å². The van der Waals surface area contributed by atoms with Gasteiger partial charge >= 0.3 is 6.09 Å². The van der Waals surface area contributed by atoms with Crippen molar-refractivity contribution < 1.29 is 19.1 Å². The number of piperazine rings is 2. The van der Waals surface area contributed by atoms with E-state index < -0.39 is 6.09 Å². The summed E-state index contributed by atoms with van der Waals surface area (Å²) in [6.07, 6.45) is 6.29. The molecule has 2 saturated heterocycles. The maximum atomic E-state index is 12.7. The van der Waals surface area contributed by atoms with E-state index in [1.807, 2.05) is 15.9 Å². The number of amides is 3. The van der Waals surface area contributed by atoms with E-state index in [1.165, 1.54) is 22.3 Å². The second-order valence-corrected chi connectivity index (χ2v) is 15.0. The lowest BCUT2D eigenvalue weighted by molar-refractivity contribution is -0.134. The van der Waals surface area contributed by atoms with Crippen LogP contribution in [0.2, 0.25) is 0 Å². The molecule has 0 bridgehead atoms. The molecule has 280 valence electrons. The Morgan fingerprint density at radius 1 is 0.667 bits per heavy atom. The summed E-state index contributed by atoms with van der Waals surface area (Å²) in [4.78, 5) is 46.8. The number of benzene rings is 2. The number of ether oxygens (including phenoxy) is 1. The summed E-state index contributed by atoms with van der Waals surface area (Å²) in [5, 5.41) is 6.49. The SMILES string of the molecule is CC(C)N1CCN(C(=O)CCCCCNC(=O)OCC2c3ccccc3-c3ccc(NCCCCCC(=O)N4CCN(C(C)C)CC4)cc32)CC1. The fourth-order valence-electron chi connectivity index (χ4n) is 7.68. The standard InChI is InChI=1S/C41H62N6O4/c1-31(2)44-21-25-46(26-22-44)39(48)15-7-5-11-19-42-33-17-18-36-34-13-9-10-14-35(34)38(37(36)29-33)30-51-41(50)43-20-12-6-8-16-40(49)47-27-23-45(24-28-47)32(3)4/h9-10,13-14,17-18,29,31-32,38,42H,5-8,11-12,15-16,19-28,30H2,1-4H3,(H,43,50). The highest BCUT2D eigenvalue weighted by Crippen LogP contribution is 2.45. The Kier molecular flexibility index (Phi) is 14.6. The molecule has 2 aliphatic heterocycles. The second kappa shape index (κ2) is 19.3. The van der Waals surface area contributed by atoms with Gasteiger partial charge in [0.15, 0.2) is 0 Å². The van der Waals surface area contributed by atoms with Crippen LogP contribution in [0.4, 0.5) is 10.5 Å². The van der Waals surface area contributed by atoms with Gasteiger partial charge in [0.05, 0.1) is 0 Å². The number of hydrogen-bond donors (Lipinski definition) is 2. The molecule has 2 fully saturated rings. The third-order valence-corrected chi connectivity index (χ3v) is 11.0. The van der Waals surface area contributed by atoms with Crippen LogP contribution in [0, 0.1) is 0 Å². The van der Waals surface area contributed by atoms with Crippen LogP contribution >= 0.6 is 0 Å². The quantitative estimate of drug-likeness (QED) is 0.191. The van der Waals surface area contributed by atoms with E-state index in [4.69, 9.17) is 4.74 Å². The predicted molar refractivity (Wildman–Crippen MR) is 205 cm³/mol. The van der Waals surface area contributed by atoms with Gasteiger partial charge in [-0.15, -0.1) is 0 Å². The highest BCUT2D eigenvalue weighted by atomic mass is 16.5. The fourth-order valence-corrected chi connectivity index (χ4v) is 7.68. The molecule has 0 aromatic heterocycles. The van der Waals surface area contributed by atoms with Crippen LogP contribution in [0.5, 0.6) is 0 Å². The summed E-state index contributed by atoms with van der Waals surface area (Å²) in [5.41, 5.74) is 5.80. The molecule has 0 radical (unpaired) electrons. The zero-order valence-corrected chi connectivity index (χ0v) is 31.6. The zero-order valence-electron chi connectivity index (χ0n) is 31.6. The number of carbonyl (C=O) groups excluding carboxylic acids is 3. The van der Waals surface area contributed by atoms with Crippen molar-refractivity contribution in [1.82, 2.24) is 24.9 Å². The first-order chi connectivity index (χ1) is 24.7. The van der Waals surface area contributed by atoms with Crippen molar-refractivity contribution in [2.75, 3.05) is 77.4 Å². The molecular formula is C41H62N6O4. The average Bonchev–Trinajstić information content (AvgIpc) is 3.46. The molecule has 2 aromatic carbocycles. The number of carbonyl (C=O) groups is 3. The highest BCUT2D eigenvalue weighted by molar-refractivity contribution is 5.81. The van der Waals surface area contributed by atoms with Crippen LogP contribution in [-0.2, 0) is 14.3 Å². The highest BCUT2D eigenvalue weighted by Gasteiger charge is 2.30. The Morgan fingerprint density at radius 3 is 1.80 bits per heavy atom. The monoisotopic (exact) mass is 702 g/mol. The van der Waals surface area contributed by atoms with Gasteiger partial charge in [-0.1, -0.05) is 43.2 Å². The molecule has 0 spiro atoms. The smallest absolute Gasteiger partial charge is 0.407 e. The summed E-state index contributed by atoms with van der Waals surface area (Å²) in [6.45, 7) is 17.7. The fraction of sp³-hybridized carbons (Fsp3) is 0.634. The van der Waals surface area contributed by atoms with Crippen LogP contribution in [0.25, 0.3) is 11.1 Å². The van der Waals surface area contributed by atoms with Crippen LogP contribution in [0.3, 0.4) is 0 Å². The average molecular weight is 703 g/mol. The lowest BCUT2D eigenvalue weighted by atomic mass is 9.97. The van der Waals surface area contributed by atoms with Crippen molar-refractivity contribution in [1.29, 1.82) is 0 Å². The minimum atomic E-state index is -0.398. The van der Waals surface area contributed by atoms with E-state index in [2.05, 4.69) is 84.5 Å². The van der Waals surface area contributed by atoms with Crippen molar-refractivity contribution in [2.24, 2.45) is 0 Å². The number of nitrogens with one attached hydrogen (secondary N) is 2. The molecule has 1 aliphatic carbocycles. The minimum Gasteiger partial charge on any atom is -0.449 e. The lowest BCUT2D eigenvalue weighted by Crippen LogP contribution is -2.50. The number of rotatable bonds is 17. The van der Waals surface area contributed by atoms with Crippen molar-refractivity contribution in [3.63, 3.8) is 0 Å². The van der Waals surface area contributed by atoms with E-state index >= 15 is 0 Å². The first-order valence-electron chi connectivity index (χ1n) is 19.6. The van der Waals surface area contributed by atoms with Gasteiger partial charge in [0, 0.05) is 102 Å². The topological polar surface area (TPSA) is 97.5 Å².